The van der Waals surface area contributed by atoms with Crippen LogP contribution in [-0.4, -0.2) is 22.5 Å². The number of carbonyl (C=O) groups is 1. The van der Waals surface area contributed by atoms with Crippen LogP contribution >= 0.6 is 11.6 Å². The van der Waals surface area contributed by atoms with E-state index in [4.69, 9.17) is 11.6 Å². The van der Waals surface area contributed by atoms with E-state index in [1.54, 1.807) is 6.92 Å². The number of nitrogens with one attached hydrogen (secondary N) is 1. The van der Waals surface area contributed by atoms with Crippen molar-refractivity contribution in [2.45, 2.75) is 13.0 Å². The molecule has 0 saturated heterocycles. The van der Waals surface area contributed by atoms with Crippen molar-refractivity contribution in [1.29, 1.82) is 0 Å². The molecule has 5 nitrogen and oxygen atoms in total. The molecule has 2 aromatic carbocycles. The second-order valence-corrected chi connectivity index (χ2v) is 7.07. The average molecular weight is 424 g/mol. The lowest BCUT2D eigenvalue weighted by Gasteiger charge is -2.27. The van der Waals surface area contributed by atoms with Gasteiger partial charge in [-0.2, -0.15) is 0 Å². The highest BCUT2D eigenvalue weighted by Gasteiger charge is 2.22. The van der Waals surface area contributed by atoms with Crippen molar-refractivity contribution < 1.29 is 18.0 Å². The fourth-order valence-electron chi connectivity index (χ4n) is 2.99. The van der Waals surface area contributed by atoms with E-state index in [2.05, 4.69) is 5.32 Å². The van der Waals surface area contributed by atoms with Crippen LogP contribution in [0.25, 0.3) is 10.8 Å². The summed E-state index contributed by atoms with van der Waals surface area (Å²) in [5, 5.41) is 2.67. The molecule has 1 N–H and O–H groups in total. The van der Waals surface area contributed by atoms with Crippen molar-refractivity contribution in [1.82, 2.24) is 9.47 Å². The van der Waals surface area contributed by atoms with Crippen LogP contribution in [0.1, 0.15) is 18.5 Å². The van der Waals surface area contributed by atoms with Crippen LogP contribution in [0.4, 0.5) is 23.7 Å². The molecule has 9 heteroatoms. The number of amides is 2. The van der Waals surface area contributed by atoms with Crippen molar-refractivity contribution in [2.24, 2.45) is 7.05 Å². The number of pyridine rings is 1. The lowest BCUT2D eigenvalue weighted by atomic mass is 10.0. The second-order valence-electron chi connectivity index (χ2n) is 6.66. The van der Waals surface area contributed by atoms with Gasteiger partial charge in [0.15, 0.2) is 11.6 Å². The van der Waals surface area contributed by atoms with Gasteiger partial charge in [-0.3, -0.25) is 4.79 Å². The molecule has 29 heavy (non-hydrogen) atoms. The number of aromatic nitrogens is 1. The van der Waals surface area contributed by atoms with E-state index in [1.165, 1.54) is 41.9 Å². The van der Waals surface area contributed by atoms with Crippen molar-refractivity contribution in [3.05, 3.63) is 74.9 Å². The Morgan fingerprint density at radius 2 is 1.72 bits per heavy atom. The minimum absolute atomic E-state index is 0.00914. The van der Waals surface area contributed by atoms with Gasteiger partial charge in [0.2, 0.25) is 0 Å². The van der Waals surface area contributed by atoms with Gasteiger partial charge in [-0.05, 0) is 48.2 Å². The Morgan fingerprint density at radius 3 is 2.34 bits per heavy atom. The third-order valence-corrected chi connectivity index (χ3v) is 5.07. The van der Waals surface area contributed by atoms with E-state index >= 15 is 0 Å². The first kappa shape index (κ1) is 20.7. The number of carbonyl (C=O) groups excluding carboxylic acids is 1. The summed E-state index contributed by atoms with van der Waals surface area (Å²) in [6.07, 6.45) is 1.48. The van der Waals surface area contributed by atoms with E-state index in [0.717, 1.165) is 18.2 Å². The average Bonchev–Trinajstić information content (AvgIpc) is 2.68. The maximum absolute atomic E-state index is 13.8. The van der Waals surface area contributed by atoms with Crippen LogP contribution in [0.5, 0.6) is 0 Å². The molecule has 0 aliphatic carbocycles. The third kappa shape index (κ3) is 3.93. The Labute approximate surface area is 169 Å². The highest BCUT2D eigenvalue weighted by atomic mass is 35.5. The summed E-state index contributed by atoms with van der Waals surface area (Å²) in [5.41, 5.74) is 0.262. The Bertz CT molecular complexity index is 1180. The Hall–Kier alpha value is -3.00. The number of hydrogen-bond donors (Lipinski definition) is 1. The molecular formula is C20H17ClF3N3O2. The molecular weight excluding hydrogens is 407 g/mol. The number of nitrogens with zero attached hydrogens (tertiary/aromatic N) is 2. The Kier molecular flexibility index (Phi) is 5.57. The standard InChI is InChI=1S/C20H17ClF3N3O2/c1-10(27(3)20(29)25-11-4-5-16(22)15(21)6-11)14-9-26(2)19(28)13-8-18(24)17(23)7-12(13)14/h4-10H,1-3H3,(H,25,29). The van der Waals surface area contributed by atoms with Gasteiger partial charge in [0.1, 0.15) is 5.82 Å². The molecule has 152 valence electrons. The highest BCUT2D eigenvalue weighted by molar-refractivity contribution is 6.31. The molecule has 0 spiro atoms. The number of fused-ring (bicyclic) bond motifs is 1. The molecule has 2 amide bonds. The molecule has 1 aromatic heterocycles. The smallest absolute Gasteiger partial charge is 0.321 e. The topological polar surface area (TPSA) is 54.3 Å². The zero-order valence-corrected chi connectivity index (χ0v) is 16.5. The quantitative estimate of drug-likeness (QED) is 0.655. The molecule has 1 heterocycles. The molecule has 0 aliphatic rings. The van der Waals surface area contributed by atoms with Gasteiger partial charge in [0, 0.05) is 26.0 Å². The van der Waals surface area contributed by atoms with E-state index in [0.29, 0.717) is 11.3 Å². The molecule has 3 rings (SSSR count). The second kappa shape index (κ2) is 7.79. The first-order chi connectivity index (χ1) is 13.6. The summed E-state index contributed by atoms with van der Waals surface area (Å²) < 4.78 is 42.0. The van der Waals surface area contributed by atoms with E-state index in [-0.39, 0.29) is 15.8 Å². The summed E-state index contributed by atoms with van der Waals surface area (Å²) in [6, 6.07) is 4.41. The minimum atomic E-state index is -1.13. The largest absolute Gasteiger partial charge is 0.322 e. The van der Waals surface area contributed by atoms with Crippen LogP contribution in [0.15, 0.2) is 41.3 Å². The van der Waals surface area contributed by atoms with Gasteiger partial charge in [0.05, 0.1) is 16.5 Å². The molecule has 0 saturated carbocycles. The Morgan fingerprint density at radius 1 is 1.10 bits per heavy atom. The molecule has 1 unspecified atom stereocenters. The molecule has 0 aliphatic heterocycles. The zero-order valence-electron chi connectivity index (χ0n) is 15.8. The number of aryl methyl sites for hydroxylation is 1. The van der Waals surface area contributed by atoms with Crippen LogP contribution < -0.4 is 10.9 Å². The summed E-state index contributed by atoms with van der Waals surface area (Å²) in [4.78, 5) is 26.2. The van der Waals surface area contributed by atoms with E-state index in [1.807, 2.05) is 0 Å². The number of anilines is 1. The third-order valence-electron chi connectivity index (χ3n) is 4.78. The summed E-state index contributed by atoms with van der Waals surface area (Å²) >= 11 is 5.72. The van der Waals surface area contributed by atoms with Gasteiger partial charge in [-0.25, -0.2) is 18.0 Å². The van der Waals surface area contributed by atoms with Crippen LogP contribution in [0, 0.1) is 17.5 Å². The first-order valence-corrected chi connectivity index (χ1v) is 8.95. The maximum atomic E-state index is 13.8. The van der Waals surface area contributed by atoms with Gasteiger partial charge >= 0.3 is 6.03 Å². The minimum Gasteiger partial charge on any atom is -0.321 e. The molecule has 1 atom stereocenters. The fraction of sp³-hybridized carbons (Fsp3) is 0.200. The van der Waals surface area contributed by atoms with E-state index < -0.39 is 35.1 Å². The predicted octanol–water partition coefficient (Wildman–Crippen LogP) is 4.83. The van der Waals surface area contributed by atoms with Gasteiger partial charge < -0.3 is 14.8 Å². The zero-order chi connectivity index (χ0) is 21.5. The summed E-state index contributed by atoms with van der Waals surface area (Å²) in [5.74, 6) is -2.83. The number of halogens is 4. The highest BCUT2D eigenvalue weighted by Crippen LogP contribution is 2.28. The van der Waals surface area contributed by atoms with Crippen LogP contribution in [0.3, 0.4) is 0 Å². The summed E-state index contributed by atoms with van der Waals surface area (Å²) in [7, 11) is 2.99. The normalized spacial score (nSPS) is 12.1. The molecule has 0 bridgehead atoms. The number of urea groups is 1. The molecule has 0 radical (unpaired) electrons. The maximum Gasteiger partial charge on any atom is 0.322 e. The first-order valence-electron chi connectivity index (χ1n) is 8.57. The molecule has 0 fully saturated rings. The number of hydrogen-bond acceptors (Lipinski definition) is 2. The lowest BCUT2D eigenvalue weighted by molar-refractivity contribution is 0.208. The van der Waals surface area contributed by atoms with Crippen molar-refractivity contribution in [3.8, 4) is 0 Å². The van der Waals surface area contributed by atoms with Gasteiger partial charge in [0.25, 0.3) is 5.56 Å². The van der Waals surface area contributed by atoms with Crippen LogP contribution in [-0.2, 0) is 7.05 Å². The number of rotatable bonds is 3. The fourth-order valence-corrected chi connectivity index (χ4v) is 3.17. The van der Waals surface area contributed by atoms with Crippen molar-refractivity contribution in [3.63, 3.8) is 0 Å². The SMILES string of the molecule is CC(c1cn(C)c(=O)c2cc(F)c(F)cc12)N(C)C(=O)Nc1ccc(F)c(Cl)c1. The Balaban J connectivity index is 1.97. The summed E-state index contributed by atoms with van der Waals surface area (Å²) in [6.45, 7) is 1.68. The van der Waals surface area contributed by atoms with Crippen molar-refractivity contribution >= 4 is 34.1 Å². The monoisotopic (exact) mass is 423 g/mol. The predicted molar refractivity (Wildman–Crippen MR) is 106 cm³/mol. The van der Waals surface area contributed by atoms with Gasteiger partial charge in [-0.1, -0.05) is 11.6 Å². The van der Waals surface area contributed by atoms with Crippen molar-refractivity contribution in [2.75, 3.05) is 12.4 Å². The lowest BCUT2D eigenvalue weighted by Crippen LogP contribution is -2.34. The van der Waals surface area contributed by atoms with E-state index in [9.17, 15) is 22.8 Å². The number of benzene rings is 2. The van der Waals surface area contributed by atoms with Crippen LogP contribution in [0.2, 0.25) is 5.02 Å². The molecule has 3 aromatic rings. The van der Waals surface area contributed by atoms with Gasteiger partial charge in [-0.15, -0.1) is 0 Å².